The molecule has 5 nitrogen and oxygen atoms in total. The number of carbonyl (C=O) groups excluding carboxylic acids is 2. The summed E-state index contributed by atoms with van der Waals surface area (Å²) < 4.78 is 6.52. The van der Waals surface area contributed by atoms with Crippen molar-refractivity contribution in [2.45, 2.75) is 25.9 Å². The molecule has 0 aromatic heterocycles. The molecule has 1 N–H and O–H groups in total. The van der Waals surface area contributed by atoms with E-state index in [9.17, 15) is 9.59 Å². The molecule has 0 unspecified atom stereocenters. The lowest BCUT2D eigenvalue weighted by Gasteiger charge is -2.31. The summed E-state index contributed by atoms with van der Waals surface area (Å²) >= 11 is 22.1. The van der Waals surface area contributed by atoms with E-state index in [-0.39, 0.29) is 25.0 Å². The summed E-state index contributed by atoms with van der Waals surface area (Å²) in [5.74, 6) is -0.288. The molecule has 3 rings (SSSR count). The summed E-state index contributed by atoms with van der Waals surface area (Å²) in [5, 5.41) is 4.10. The van der Waals surface area contributed by atoms with Gasteiger partial charge in [-0.05, 0) is 48.4 Å². The quantitative estimate of drug-likeness (QED) is 0.288. The Morgan fingerprint density at radius 3 is 2.40 bits per heavy atom. The number of ether oxygens (including phenoxy) is 1. The molecule has 0 saturated carbocycles. The van der Waals surface area contributed by atoms with Crippen molar-refractivity contribution in [2.24, 2.45) is 0 Å². The zero-order chi connectivity index (χ0) is 25.4. The van der Waals surface area contributed by atoms with Gasteiger partial charge in [-0.15, -0.1) is 0 Å². The predicted molar refractivity (Wildman–Crippen MR) is 144 cm³/mol. The monoisotopic (exact) mass is 596 g/mol. The minimum absolute atomic E-state index is 0.0981. The molecule has 0 radical (unpaired) electrons. The van der Waals surface area contributed by atoms with Gasteiger partial charge in [0.1, 0.15) is 11.8 Å². The van der Waals surface area contributed by atoms with Crippen LogP contribution in [0.4, 0.5) is 0 Å². The van der Waals surface area contributed by atoms with Crippen LogP contribution >= 0.6 is 50.7 Å². The normalized spacial score (nSPS) is 11.6. The van der Waals surface area contributed by atoms with E-state index in [1.807, 2.05) is 37.3 Å². The maximum atomic E-state index is 13.5. The summed E-state index contributed by atoms with van der Waals surface area (Å²) in [6.45, 7) is 2.05. The van der Waals surface area contributed by atoms with Crippen molar-refractivity contribution in [2.75, 3.05) is 13.2 Å². The second-order valence-corrected chi connectivity index (χ2v) is 9.89. The zero-order valence-electron chi connectivity index (χ0n) is 18.9. The maximum absolute atomic E-state index is 13.5. The molecular weight excluding hydrogens is 575 g/mol. The molecule has 1 atom stereocenters. The Hall–Kier alpha value is -2.25. The molecular formula is C26H24BrCl3N2O3. The minimum atomic E-state index is -0.791. The highest BCUT2D eigenvalue weighted by Gasteiger charge is 2.31. The SMILES string of the molecule is CCNC(=O)[C@@H](Cc1ccccc1)N(Cc1ccc(Cl)cc1Cl)C(=O)COc1ccc(Br)cc1Cl. The predicted octanol–water partition coefficient (Wildman–Crippen LogP) is 6.56. The Bertz CT molecular complexity index is 1180. The minimum Gasteiger partial charge on any atom is -0.482 e. The van der Waals surface area contributed by atoms with Crippen LogP contribution in [-0.2, 0) is 22.6 Å². The molecule has 0 heterocycles. The Morgan fingerprint density at radius 2 is 1.74 bits per heavy atom. The third kappa shape index (κ3) is 7.87. The molecule has 3 aromatic carbocycles. The number of rotatable bonds is 10. The van der Waals surface area contributed by atoms with Crippen LogP contribution in [-0.4, -0.2) is 35.9 Å². The average Bonchev–Trinajstić information content (AvgIpc) is 2.82. The fourth-order valence-corrected chi connectivity index (χ4v) is 4.69. The first kappa shape index (κ1) is 27.3. The molecule has 184 valence electrons. The van der Waals surface area contributed by atoms with Crippen LogP contribution in [0, 0.1) is 0 Å². The third-order valence-corrected chi connectivity index (χ3v) is 6.60. The number of hydrogen-bond donors (Lipinski definition) is 1. The molecule has 0 aliphatic rings. The van der Waals surface area contributed by atoms with Crippen molar-refractivity contribution < 1.29 is 14.3 Å². The highest BCUT2D eigenvalue weighted by molar-refractivity contribution is 9.10. The molecule has 0 aliphatic heterocycles. The summed E-state index contributed by atoms with van der Waals surface area (Å²) in [4.78, 5) is 28.2. The molecule has 0 spiro atoms. The first-order chi connectivity index (χ1) is 16.8. The summed E-state index contributed by atoms with van der Waals surface area (Å²) in [7, 11) is 0. The van der Waals surface area contributed by atoms with Crippen molar-refractivity contribution >= 4 is 62.5 Å². The van der Waals surface area contributed by atoms with Crippen LogP contribution in [0.2, 0.25) is 15.1 Å². The molecule has 35 heavy (non-hydrogen) atoms. The van der Waals surface area contributed by atoms with Crippen LogP contribution in [0.15, 0.2) is 71.2 Å². The van der Waals surface area contributed by atoms with Crippen LogP contribution in [0.25, 0.3) is 0 Å². The smallest absolute Gasteiger partial charge is 0.261 e. The van der Waals surface area contributed by atoms with Crippen molar-refractivity contribution in [1.82, 2.24) is 10.2 Å². The highest BCUT2D eigenvalue weighted by atomic mass is 79.9. The molecule has 2 amide bonds. The lowest BCUT2D eigenvalue weighted by Crippen LogP contribution is -2.51. The summed E-state index contributed by atoms with van der Waals surface area (Å²) in [6.07, 6.45) is 0.322. The lowest BCUT2D eigenvalue weighted by atomic mass is 10.0. The van der Waals surface area contributed by atoms with E-state index in [0.29, 0.717) is 39.3 Å². The third-order valence-electron chi connectivity index (χ3n) is 5.22. The van der Waals surface area contributed by atoms with Gasteiger partial charge in [0.2, 0.25) is 5.91 Å². The summed E-state index contributed by atoms with van der Waals surface area (Å²) in [5.41, 5.74) is 1.58. The van der Waals surface area contributed by atoms with E-state index in [1.54, 1.807) is 36.4 Å². The highest BCUT2D eigenvalue weighted by Crippen LogP contribution is 2.28. The number of nitrogens with one attached hydrogen (secondary N) is 1. The number of hydrogen-bond acceptors (Lipinski definition) is 3. The van der Waals surface area contributed by atoms with Gasteiger partial charge in [-0.3, -0.25) is 9.59 Å². The van der Waals surface area contributed by atoms with Gasteiger partial charge >= 0.3 is 0 Å². The summed E-state index contributed by atoms with van der Waals surface area (Å²) in [6, 6.07) is 18.9. The van der Waals surface area contributed by atoms with E-state index >= 15 is 0 Å². The van der Waals surface area contributed by atoms with E-state index in [2.05, 4.69) is 21.2 Å². The molecule has 0 aliphatic carbocycles. The fourth-order valence-electron chi connectivity index (χ4n) is 3.49. The largest absolute Gasteiger partial charge is 0.482 e. The topological polar surface area (TPSA) is 58.6 Å². The Kier molecular flexibility index (Phi) is 10.3. The fraction of sp³-hybridized carbons (Fsp3) is 0.231. The number of amides is 2. The standard InChI is InChI=1S/C26H24BrCl3N2O3/c1-2-31-26(34)23(12-17-6-4-3-5-7-17)32(15-18-8-10-20(28)14-21(18)29)25(33)16-35-24-11-9-19(27)13-22(24)30/h3-11,13-14,23H,2,12,15-16H2,1H3,(H,31,34)/t23-/m1/s1. The van der Waals surface area contributed by atoms with Crippen molar-refractivity contribution in [3.8, 4) is 5.75 Å². The van der Waals surface area contributed by atoms with E-state index in [4.69, 9.17) is 39.5 Å². The number of benzene rings is 3. The van der Waals surface area contributed by atoms with E-state index < -0.39 is 6.04 Å². The first-order valence-corrected chi connectivity index (χ1v) is 12.8. The Morgan fingerprint density at radius 1 is 1.00 bits per heavy atom. The molecule has 9 heteroatoms. The van der Waals surface area contributed by atoms with Gasteiger partial charge in [0.15, 0.2) is 6.61 Å². The van der Waals surface area contributed by atoms with Gasteiger partial charge in [-0.25, -0.2) is 0 Å². The maximum Gasteiger partial charge on any atom is 0.261 e. The van der Waals surface area contributed by atoms with Gasteiger partial charge in [0.05, 0.1) is 5.02 Å². The van der Waals surface area contributed by atoms with Crippen LogP contribution in [0.3, 0.4) is 0 Å². The van der Waals surface area contributed by atoms with Crippen LogP contribution in [0.5, 0.6) is 5.75 Å². The number of nitrogens with zero attached hydrogens (tertiary/aromatic N) is 1. The van der Waals surface area contributed by atoms with E-state index in [1.165, 1.54) is 4.90 Å². The van der Waals surface area contributed by atoms with Gasteiger partial charge < -0.3 is 15.0 Å². The van der Waals surface area contributed by atoms with E-state index in [0.717, 1.165) is 10.0 Å². The van der Waals surface area contributed by atoms with Gasteiger partial charge in [-0.1, -0.05) is 87.1 Å². The first-order valence-electron chi connectivity index (χ1n) is 10.9. The molecule has 3 aromatic rings. The lowest BCUT2D eigenvalue weighted by molar-refractivity contribution is -0.142. The Balaban J connectivity index is 1.93. The van der Waals surface area contributed by atoms with Gasteiger partial charge in [0.25, 0.3) is 5.91 Å². The van der Waals surface area contributed by atoms with Crippen LogP contribution < -0.4 is 10.1 Å². The number of carbonyl (C=O) groups is 2. The van der Waals surface area contributed by atoms with Crippen molar-refractivity contribution in [3.05, 3.63) is 97.4 Å². The average molecular weight is 599 g/mol. The Labute approximate surface area is 228 Å². The number of likely N-dealkylation sites (N-methyl/N-ethyl adjacent to an activating group) is 1. The van der Waals surface area contributed by atoms with Crippen molar-refractivity contribution in [3.63, 3.8) is 0 Å². The van der Waals surface area contributed by atoms with Gasteiger partial charge in [-0.2, -0.15) is 0 Å². The second-order valence-electron chi connectivity index (χ2n) is 7.72. The molecule has 0 fully saturated rings. The van der Waals surface area contributed by atoms with Crippen LogP contribution in [0.1, 0.15) is 18.1 Å². The van der Waals surface area contributed by atoms with Crippen molar-refractivity contribution in [1.29, 1.82) is 0 Å². The molecule has 0 bridgehead atoms. The zero-order valence-corrected chi connectivity index (χ0v) is 22.8. The number of halogens is 4. The molecule has 0 saturated heterocycles. The second kappa shape index (κ2) is 13.2. The van der Waals surface area contributed by atoms with Gasteiger partial charge in [0, 0.05) is 34.0 Å².